The summed E-state index contributed by atoms with van der Waals surface area (Å²) in [6, 6.07) is 26.4. The summed E-state index contributed by atoms with van der Waals surface area (Å²) in [4.78, 5) is 51.5. The minimum Gasteiger partial charge on any atom is -0.478 e. The highest BCUT2D eigenvalue weighted by Gasteiger charge is 2.23. The number of carboxylic acid groups (broad SMARTS) is 1. The topological polar surface area (TPSA) is 122 Å². The van der Waals surface area contributed by atoms with E-state index in [0.29, 0.717) is 32.6 Å². The van der Waals surface area contributed by atoms with E-state index in [9.17, 15) is 24.3 Å². The van der Waals surface area contributed by atoms with Crippen LogP contribution in [-0.4, -0.2) is 41.2 Å². The van der Waals surface area contributed by atoms with Gasteiger partial charge >= 0.3 is 11.9 Å². The third kappa shape index (κ3) is 6.77. The van der Waals surface area contributed by atoms with Gasteiger partial charge in [0.05, 0.1) is 17.9 Å². The fourth-order valence-electron chi connectivity index (χ4n) is 4.57. The van der Waals surface area contributed by atoms with Crippen molar-refractivity contribution in [2.45, 2.75) is 11.8 Å². The monoisotopic (exact) mass is 610 g/mol. The molecule has 1 aromatic heterocycles. The first kappa shape index (κ1) is 29.6. The number of carbonyl (C=O) groups excluding carboxylic acids is 3. The first-order valence-corrected chi connectivity index (χ1v) is 15.2. The molecule has 43 heavy (non-hydrogen) atoms. The summed E-state index contributed by atoms with van der Waals surface area (Å²) in [6.07, 6.45) is 0. The van der Waals surface area contributed by atoms with Gasteiger partial charge in [-0.25, -0.2) is 9.59 Å². The highest BCUT2D eigenvalue weighted by atomic mass is 32.2. The van der Waals surface area contributed by atoms with Gasteiger partial charge in [0.2, 0.25) is 5.91 Å². The standard InChI is InChI=1S/C33H26N2O6S2/c1-2-41-33(40)29-26(20-9-4-3-5-10-20)18-43-31(29)35-27(36)19-42-23-14-8-13-22(17-23)34-30(37)24-15-6-11-21-12-7-16-25(28(21)24)32(38)39/h3-18H,2,19H2,1H3,(H,34,37)(H,35,36)(H,38,39). The number of hydrogen-bond acceptors (Lipinski definition) is 7. The van der Waals surface area contributed by atoms with Gasteiger partial charge in [0, 0.05) is 32.5 Å². The summed E-state index contributed by atoms with van der Waals surface area (Å²) in [7, 11) is 0. The molecule has 5 rings (SSSR count). The summed E-state index contributed by atoms with van der Waals surface area (Å²) in [5, 5.41) is 18.6. The SMILES string of the molecule is CCOC(=O)c1c(-c2ccccc2)csc1NC(=O)CSc1cccc(NC(=O)c2cccc3cccc(C(=O)O)c23)c1. The fourth-order valence-corrected chi connectivity index (χ4v) is 6.30. The maximum Gasteiger partial charge on any atom is 0.341 e. The number of aromatic carboxylic acids is 1. The van der Waals surface area contributed by atoms with Gasteiger partial charge in [-0.05, 0) is 48.2 Å². The van der Waals surface area contributed by atoms with E-state index in [-0.39, 0.29) is 29.4 Å². The lowest BCUT2D eigenvalue weighted by atomic mass is 9.98. The van der Waals surface area contributed by atoms with Gasteiger partial charge in [0.25, 0.3) is 5.91 Å². The lowest BCUT2D eigenvalue weighted by molar-refractivity contribution is -0.113. The number of carboxylic acids is 1. The Bertz CT molecular complexity index is 1830. The van der Waals surface area contributed by atoms with Crippen molar-refractivity contribution in [3.8, 4) is 11.1 Å². The number of hydrogen-bond donors (Lipinski definition) is 3. The van der Waals surface area contributed by atoms with Crippen molar-refractivity contribution in [1.82, 2.24) is 0 Å². The Morgan fingerprint density at radius 2 is 1.58 bits per heavy atom. The molecular formula is C33H26N2O6S2. The number of thiophene rings is 1. The maximum atomic E-state index is 13.2. The van der Waals surface area contributed by atoms with Crippen LogP contribution in [0.5, 0.6) is 0 Å². The zero-order chi connectivity index (χ0) is 30.3. The minimum atomic E-state index is -1.12. The van der Waals surface area contributed by atoms with Crippen molar-refractivity contribution in [1.29, 1.82) is 0 Å². The summed E-state index contributed by atoms with van der Waals surface area (Å²) >= 11 is 2.53. The Hall–Kier alpha value is -4.93. The van der Waals surface area contributed by atoms with Crippen molar-refractivity contribution in [2.24, 2.45) is 0 Å². The largest absolute Gasteiger partial charge is 0.478 e. The lowest BCUT2D eigenvalue weighted by Gasteiger charge is -2.11. The van der Waals surface area contributed by atoms with E-state index in [2.05, 4.69) is 10.6 Å². The third-order valence-electron chi connectivity index (χ3n) is 6.45. The van der Waals surface area contributed by atoms with E-state index < -0.39 is 17.8 Å². The highest BCUT2D eigenvalue weighted by Crippen LogP contribution is 2.36. The van der Waals surface area contributed by atoms with Crippen LogP contribution in [0.1, 0.15) is 38.0 Å². The summed E-state index contributed by atoms with van der Waals surface area (Å²) < 4.78 is 5.27. The summed E-state index contributed by atoms with van der Waals surface area (Å²) in [5.74, 6) is -2.31. The highest BCUT2D eigenvalue weighted by molar-refractivity contribution is 8.00. The second-order valence-electron chi connectivity index (χ2n) is 9.27. The van der Waals surface area contributed by atoms with Crippen LogP contribution in [0.25, 0.3) is 21.9 Å². The average Bonchev–Trinajstić information content (AvgIpc) is 3.43. The van der Waals surface area contributed by atoms with Crippen LogP contribution in [0.15, 0.2) is 101 Å². The van der Waals surface area contributed by atoms with E-state index in [1.54, 1.807) is 55.5 Å². The van der Waals surface area contributed by atoms with E-state index in [4.69, 9.17) is 4.74 Å². The number of ether oxygens (including phenoxy) is 1. The molecule has 3 N–H and O–H groups in total. The molecule has 0 saturated carbocycles. The van der Waals surface area contributed by atoms with Crippen molar-refractivity contribution < 1.29 is 29.0 Å². The molecule has 4 aromatic carbocycles. The molecular weight excluding hydrogens is 585 g/mol. The molecule has 0 saturated heterocycles. The predicted octanol–water partition coefficient (Wildman–Crippen LogP) is 7.43. The first-order chi connectivity index (χ1) is 20.9. The smallest absolute Gasteiger partial charge is 0.341 e. The molecule has 0 bridgehead atoms. The van der Waals surface area contributed by atoms with Gasteiger partial charge in [-0.15, -0.1) is 23.1 Å². The second-order valence-corrected chi connectivity index (χ2v) is 11.2. The molecule has 8 nitrogen and oxygen atoms in total. The van der Waals surface area contributed by atoms with Gasteiger partial charge in [-0.1, -0.05) is 60.7 Å². The van der Waals surface area contributed by atoms with Crippen LogP contribution >= 0.6 is 23.1 Å². The lowest BCUT2D eigenvalue weighted by Crippen LogP contribution is -2.16. The number of amides is 2. The molecule has 0 spiro atoms. The number of benzene rings is 4. The number of rotatable bonds is 10. The van der Waals surface area contributed by atoms with Crippen LogP contribution in [-0.2, 0) is 9.53 Å². The molecule has 0 aliphatic rings. The Morgan fingerprint density at radius 1 is 0.860 bits per heavy atom. The van der Waals surface area contributed by atoms with E-state index >= 15 is 0 Å². The van der Waals surface area contributed by atoms with Crippen LogP contribution in [0, 0.1) is 0 Å². The van der Waals surface area contributed by atoms with E-state index in [1.807, 2.05) is 41.8 Å². The van der Waals surface area contributed by atoms with Crippen LogP contribution in [0.4, 0.5) is 10.7 Å². The number of carbonyl (C=O) groups is 4. The Kier molecular flexibility index (Phi) is 9.19. The second kappa shape index (κ2) is 13.4. The number of fused-ring (bicyclic) bond motifs is 1. The van der Waals surface area contributed by atoms with Crippen molar-refractivity contribution in [3.63, 3.8) is 0 Å². The van der Waals surface area contributed by atoms with Crippen LogP contribution in [0.3, 0.4) is 0 Å². The van der Waals surface area contributed by atoms with E-state index in [1.165, 1.54) is 29.2 Å². The van der Waals surface area contributed by atoms with Gasteiger partial charge in [0.15, 0.2) is 0 Å². The van der Waals surface area contributed by atoms with Gasteiger partial charge < -0.3 is 20.5 Å². The number of anilines is 2. The van der Waals surface area contributed by atoms with Crippen molar-refractivity contribution >= 4 is 68.3 Å². The van der Waals surface area contributed by atoms with Crippen LogP contribution in [0.2, 0.25) is 0 Å². The Morgan fingerprint density at radius 3 is 2.30 bits per heavy atom. The Labute approximate surface area is 255 Å². The molecule has 0 fully saturated rings. The summed E-state index contributed by atoms with van der Waals surface area (Å²) in [6.45, 7) is 1.94. The van der Waals surface area contributed by atoms with Gasteiger partial charge in [-0.3, -0.25) is 9.59 Å². The quantitative estimate of drug-likeness (QED) is 0.111. The molecule has 216 valence electrons. The average molecular weight is 611 g/mol. The van der Waals surface area contributed by atoms with Gasteiger partial charge in [-0.2, -0.15) is 0 Å². The van der Waals surface area contributed by atoms with Crippen molar-refractivity contribution in [2.75, 3.05) is 23.0 Å². The molecule has 0 unspecified atom stereocenters. The molecule has 2 amide bonds. The zero-order valence-electron chi connectivity index (χ0n) is 23.0. The van der Waals surface area contributed by atoms with Gasteiger partial charge in [0.1, 0.15) is 10.6 Å². The molecule has 5 aromatic rings. The first-order valence-electron chi connectivity index (χ1n) is 13.3. The Balaban J connectivity index is 1.28. The predicted molar refractivity (Wildman–Crippen MR) is 170 cm³/mol. The maximum absolute atomic E-state index is 13.2. The summed E-state index contributed by atoms with van der Waals surface area (Å²) in [5.41, 5.74) is 2.65. The third-order valence-corrected chi connectivity index (χ3v) is 8.34. The van der Waals surface area contributed by atoms with Crippen LogP contribution < -0.4 is 10.6 Å². The normalized spacial score (nSPS) is 10.7. The molecule has 0 radical (unpaired) electrons. The number of nitrogens with one attached hydrogen (secondary N) is 2. The van der Waals surface area contributed by atoms with E-state index in [0.717, 1.165) is 10.5 Å². The number of esters is 1. The zero-order valence-corrected chi connectivity index (χ0v) is 24.6. The molecule has 1 heterocycles. The molecule has 0 aliphatic heterocycles. The fraction of sp³-hybridized carbons (Fsp3) is 0.0909. The number of thioether (sulfide) groups is 1. The minimum absolute atomic E-state index is 0.0475. The molecule has 10 heteroatoms. The molecule has 0 atom stereocenters. The molecule has 0 aliphatic carbocycles. The van der Waals surface area contributed by atoms with Crippen molar-refractivity contribution in [3.05, 3.63) is 113 Å².